The Kier molecular flexibility index (Phi) is 6.68. The van der Waals surface area contributed by atoms with Crippen molar-refractivity contribution < 1.29 is 23.1 Å². The van der Waals surface area contributed by atoms with Gasteiger partial charge in [-0.15, -0.1) is 0 Å². The van der Waals surface area contributed by atoms with Crippen LogP contribution in [0.2, 0.25) is 0 Å². The van der Waals surface area contributed by atoms with E-state index >= 15 is 0 Å². The lowest BCUT2D eigenvalue weighted by Gasteiger charge is -2.16. The highest BCUT2D eigenvalue weighted by Gasteiger charge is 2.32. The predicted octanol–water partition coefficient (Wildman–Crippen LogP) is 3.13. The average molecular weight is 417 g/mol. The molecule has 10 heteroatoms. The number of aliphatic hydroxyl groups excluding tert-OH is 1. The highest BCUT2D eigenvalue weighted by atomic mass is 19.4. The van der Waals surface area contributed by atoms with Gasteiger partial charge in [-0.2, -0.15) is 13.2 Å². The van der Waals surface area contributed by atoms with Crippen molar-refractivity contribution in [3.63, 3.8) is 0 Å². The third-order valence-corrected chi connectivity index (χ3v) is 4.30. The van der Waals surface area contributed by atoms with E-state index in [2.05, 4.69) is 25.3 Å². The van der Waals surface area contributed by atoms with Gasteiger partial charge in [-0.25, -0.2) is 9.97 Å². The number of nitrogens with zero attached hydrogens (tertiary/aromatic N) is 4. The normalized spacial score (nSPS) is 12.4. The van der Waals surface area contributed by atoms with Crippen LogP contribution in [0.4, 0.5) is 18.9 Å². The van der Waals surface area contributed by atoms with Crippen molar-refractivity contribution >= 4 is 11.6 Å². The lowest BCUT2D eigenvalue weighted by molar-refractivity contribution is -0.141. The average Bonchev–Trinajstić information content (AvgIpc) is 2.74. The zero-order chi connectivity index (χ0) is 21.6. The van der Waals surface area contributed by atoms with Crippen molar-refractivity contribution in [3.8, 4) is 11.4 Å². The van der Waals surface area contributed by atoms with E-state index in [0.717, 1.165) is 17.8 Å². The van der Waals surface area contributed by atoms with Crippen LogP contribution in [0.15, 0.2) is 55.2 Å². The smallest absolute Gasteiger partial charge is 0.396 e. The highest BCUT2D eigenvalue weighted by Crippen LogP contribution is 2.27. The van der Waals surface area contributed by atoms with Crippen molar-refractivity contribution in [1.82, 2.24) is 19.9 Å². The fourth-order valence-corrected chi connectivity index (χ4v) is 2.77. The molecule has 0 aromatic carbocycles. The molecule has 3 heterocycles. The number of nitrogens with one attached hydrogen (secondary N) is 1. The first-order chi connectivity index (χ1) is 14.4. The molecule has 3 aromatic rings. The molecule has 1 atom stereocenters. The topological polar surface area (TPSA) is 101 Å². The van der Waals surface area contributed by atoms with Gasteiger partial charge in [-0.3, -0.25) is 14.8 Å². The summed E-state index contributed by atoms with van der Waals surface area (Å²) in [7, 11) is 0. The maximum Gasteiger partial charge on any atom is 0.433 e. The number of aromatic nitrogens is 4. The Hall–Kier alpha value is -3.40. The molecule has 3 rings (SSSR count). The minimum absolute atomic E-state index is 0.132. The number of hydrogen-bond acceptors (Lipinski definition) is 6. The molecule has 0 aliphatic heterocycles. The molecule has 0 fully saturated rings. The van der Waals surface area contributed by atoms with Gasteiger partial charge in [0.1, 0.15) is 5.69 Å². The Labute approximate surface area is 170 Å². The van der Waals surface area contributed by atoms with Crippen LogP contribution >= 0.6 is 0 Å². The summed E-state index contributed by atoms with van der Waals surface area (Å²) in [6, 6.07) is 5.65. The van der Waals surface area contributed by atoms with Crippen LogP contribution in [-0.2, 0) is 17.4 Å². The monoisotopic (exact) mass is 417 g/mol. The van der Waals surface area contributed by atoms with Crippen LogP contribution in [0, 0.1) is 5.92 Å². The number of anilines is 1. The van der Waals surface area contributed by atoms with Crippen LogP contribution in [0.25, 0.3) is 11.4 Å². The van der Waals surface area contributed by atoms with Crippen LogP contribution < -0.4 is 5.32 Å². The quantitative estimate of drug-likeness (QED) is 0.613. The van der Waals surface area contributed by atoms with Crippen LogP contribution in [0.1, 0.15) is 17.7 Å². The molecule has 0 aliphatic carbocycles. The summed E-state index contributed by atoms with van der Waals surface area (Å²) in [5, 5.41) is 11.9. The lowest BCUT2D eigenvalue weighted by atomic mass is 9.96. The molecular formula is C20H18F3N5O2. The number of alkyl halides is 3. The Morgan fingerprint density at radius 3 is 2.30 bits per heavy atom. The molecular weight excluding hydrogens is 399 g/mol. The molecule has 0 aliphatic rings. The van der Waals surface area contributed by atoms with Gasteiger partial charge in [0.2, 0.25) is 5.91 Å². The summed E-state index contributed by atoms with van der Waals surface area (Å²) in [4.78, 5) is 28.3. The minimum Gasteiger partial charge on any atom is -0.396 e. The molecule has 30 heavy (non-hydrogen) atoms. The van der Waals surface area contributed by atoms with Crippen molar-refractivity contribution in [1.29, 1.82) is 0 Å². The molecule has 1 unspecified atom stereocenters. The first kappa shape index (κ1) is 21.3. The van der Waals surface area contributed by atoms with Crippen molar-refractivity contribution in [2.75, 3.05) is 11.9 Å². The number of carbonyl (C=O) groups excluding carboxylic acids is 1. The molecule has 0 saturated heterocycles. The van der Waals surface area contributed by atoms with Crippen molar-refractivity contribution in [3.05, 3.63) is 66.5 Å². The van der Waals surface area contributed by atoms with Crippen LogP contribution in [0.5, 0.6) is 0 Å². The molecule has 0 saturated carbocycles. The SMILES string of the molecule is O=C(Nc1cnc(-c2ccncc2)nc1)C(CCO)Cc1ccc(C(F)(F)F)nc1. The van der Waals surface area contributed by atoms with Gasteiger partial charge in [-0.1, -0.05) is 6.07 Å². The van der Waals surface area contributed by atoms with Crippen molar-refractivity contribution in [2.24, 2.45) is 5.92 Å². The maximum absolute atomic E-state index is 12.6. The van der Waals surface area contributed by atoms with Crippen LogP contribution in [0.3, 0.4) is 0 Å². The van der Waals surface area contributed by atoms with Crippen LogP contribution in [-0.4, -0.2) is 37.6 Å². The van der Waals surface area contributed by atoms with Gasteiger partial charge < -0.3 is 10.4 Å². The zero-order valence-electron chi connectivity index (χ0n) is 15.7. The molecule has 1 amide bonds. The standard InChI is InChI=1S/C20H18F3N5O2/c21-20(22,23)17-2-1-13(10-25-17)9-15(5-8-29)19(30)28-16-11-26-18(27-12-16)14-3-6-24-7-4-14/h1-4,6-7,10-12,15,29H,5,8-9H2,(H,28,30). The molecule has 3 aromatic heterocycles. The highest BCUT2D eigenvalue weighted by molar-refractivity contribution is 5.92. The Balaban J connectivity index is 1.66. The summed E-state index contributed by atoms with van der Waals surface area (Å²) >= 11 is 0. The Morgan fingerprint density at radius 2 is 1.73 bits per heavy atom. The fraction of sp³-hybridized carbons (Fsp3) is 0.250. The van der Waals surface area contributed by atoms with Gasteiger partial charge in [-0.05, 0) is 36.6 Å². The fourth-order valence-electron chi connectivity index (χ4n) is 2.77. The summed E-state index contributed by atoms with van der Waals surface area (Å²) in [5.74, 6) is -0.587. The Morgan fingerprint density at radius 1 is 1.03 bits per heavy atom. The summed E-state index contributed by atoms with van der Waals surface area (Å²) in [5.41, 5.74) is 0.601. The summed E-state index contributed by atoms with van der Waals surface area (Å²) in [6.07, 6.45) is 2.98. The van der Waals surface area contributed by atoms with Gasteiger partial charge in [0.25, 0.3) is 0 Å². The molecule has 0 spiro atoms. The Bertz CT molecular complexity index is 964. The van der Waals surface area contributed by atoms with E-state index in [1.165, 1.54) is 18.5 Å². The van der Waals surface area contributed by atoms with E-state index in [1.54, 1.807) is 24.5 Å². The van der Waals surface area contributed by atoms with E-state index in [4.69, 9.17) is 0 Å². The second-order valence-electron chi connectivity index (χ2n) is 6.48. The first-order valence-corrected chi connectivity index (χ1v) is 9.03. The molecule has 2 N–H and O–H groups in total. The van der Waals surface area contributed by atoms with E-state index in [-0.39, 0.29) is 19.4 Å². The van der Waals surface area contributed by atoms with E-state index in [9.17, 15) is 23.1 Å². The zero-order valence-corrected chi connectivity index (χ0v) is 15.7. The van der Waals surface area contributed by atoms with Gasteiger partial charge >= 0.3 is 6.18 Å². The third-order valence-electron chi connectivity index (χ3n) is 4.30. The minimum atomic E-state index is -4.52. The van der Waals surface area contributed by atoms with E-state index < -0.39 is 23.7 Å². The van der Waals surface area contributed by atoms with Gasteiger partial charge in [0.05, 0.1) is 18.1 Å². The number of aliphatic hydroxyl groups is 1. The third kappa shape index (κ3) is 5.57. The van der Waals surface area contributed by atoms with E-state index in [1.807, 2.05) is 0 Å². The number of pyridine rings is 2. The number of amides is 1. The number of rotatable bonds is 7. The lowest BCUT2D eigenvalue weighted by Crippen LogP contribution is -2.26. The summed E-state index contributed by atoms with van der Waals surface area (Å²) < 4.78 is 37.9. The molecule has 156 valence electrons. The number of carbonyl (C=O) groups is 1. The summed E-state index contributed by atoms with van der Waals surface area (Å²) in [6.45, 7) is -0.246. The van der Waals surface area contributed by atoms with E-state index in [0.29, 0.717) is 17.1 Å². The largest absolute Gasteiger partial charge is 0.433 e. The van der Waals surface area contributed by atoms with Gasteiger partial charge in [0, 0.05) is 36.7 Å². The first-order valence-electron chi connectivity index (χ1n) is 9.03. The number of hydrogen-bond donors (Lipinski definition) is 2. The maximum atomic E-state index is 12.6. The second kappa shape index (κ2) is 9.40. The predicted molar refractivity (Wildman–Crippen MR) is 102 cm³/mol. The van der Waals surface area contributed by atoms with Crippen molar-refractivity contribution in [2.45, 2.75) is 19.0 Å². The molecule has 7 nitrogen and oxygen atoms in total. The molecule has 0 radical (unpaired) electrons. The second-order valence-corrected chi connectivity index (χ2v) is 6.48. The van der Waals surface area contributed by atoms with Gasteiger partial charge in [0.15, 0.2) is 5.82 Å². The number of halogens is 3. The molecule has 0 bridgehead atoms.